The quantitative estimate of drug-likeness (QED) is 0.845. The van der Waals surface area contributed by atoms with Gasteiger partial charge in [0.15, 0.2) is 0 Å². The predicted molar refractivity (Wildman–Crippen MR) is 66.3 cm³/mol. The molecule has 0 fully saturated rings. The van der Waals surface area contributed by atoms with Crippen molar-refractivity contribution in [3.63, 3.8) is 0 Å². The number of amides is 1. The summed E-state index contributed by atoms with van der Waals surface area (Å²) in [7, 11) is 0. The summed E-state index contributed by atoms with van der Waals surface area (Å²) in [5.74, 6) is -0.635. The molecule has 5 heteroatoms. The van der Waals surface area contributed by atoms with Crippen molar-refractivity contribution in [1.82, 2.24) is 5.32 Å². The lowest BCUT2D eigenvalue weighted by Gasteiger charge is -2.10. The molecule has 0 spiro atoms. The monoisotopic (exact) mass is 258 g/mol. The van der Waals surface area contributed by atoms with Gasteiger partial charge in [-0.15, -0.1) is 0 Å². The molecule has 0 aliphatic heterocycles. The summed E-state index contributed by atoms with van der Waals surface area (Å²) in [4.78, 5) is 11.4. The third-order valence-corrected chi connectivity index (χ3v) is 2.86. The molecule has 1 aromatic rings. The molecule has 0 saturated heterocycles. The number of benzene rings is 1. The number of hydrogen-bond acceptors (Lipinski definition) is 2. The van der Waals surface area contributed by atoms with Gasteiger partial charge in [0.05, 0.1) is 0 Å². The topological polar surface area (TPSA) is 55.1 Å². The Bertz CT molecular complexity index is 398. The van der Waals surface area contributed by atoms with Crippen LogP contribution in [0.3, 0.4) is 0 Å². The van der Waals surface area contributed by atoms with E-state index in [1.54, 1.807) is 13.0 Å². The van der Waals surface area contributed by atoms with Crippen molar-refractivity contribution in [2.45, 2.75) is 13.3 Å². The lowest BCUT2D eigenvalue weighted by Crippen LogP contribution is -2.34. The molecule has 17 heavy (non-hydrogen) atoms. The normalized spacial score (nSPS) is 12.2. The van der Waals surface area contributed by atoms with Crippen molar-refractivity contribution < 1.29 is 9.18 Å². The zero-order valence-electron chi connectivity index (χ0n) is 9.67. The minimum absolute atomic E-state index is 0.0780. The molecule has 0 heterocycles. The van der Waals surface area contributed by atoms with Crippen LogP contribution in [0.2, 0.25) is 5.02 Å². The smallest absolute Gasteiger partial charge is 0.224 e. The van der Waals surface area contributed by atoms with Gasteiger partial charge in [0.25, 0.3) is 0 Å². The van der Waals surface area contributed by atoms with Gasteiger partial charge >= 0.3 is 0 Å². The first-order valence-electron chi connectivity index (χ1n) is 5.46. The van der Waals surface area contributed by atoms with Crippen LogP contribution in [0.15, 0.2) is 18.2 Å². The average Bonchev–Trinajstić information content (AvgIpc) is 2.30. The molecule has 1 amide bonds. The van der Waals surface area contributed by atoms with Crippen molar-refractivity contribution in [2.75, 3.05) is 13.1 Å². The van der Waals surface area contributed by atoms with Crippen LogP contribution in [0, 0.1) is 11.7 Å². The maximum Gasteiger partial charge on any atom is 0.224 e. The highest BCUT2D eigenvalue weighted by Gasteiger charge is 2.10. The number of hydrogen-bond donors (Lipinski definition) is 2. The Balaban J connectivity index is 2.43. The number of nitrogens with one attached hydrogen (secondary N) is 1. The van der Waals surface area contributed by atoms with Crippen molar-refractivity contribution in [1.29, 1.82) is 0 Å². The second-order valence-corrected chi connectivity index (χ2v) is 4.32. The highest BCUT2D eigenvalue weighted by molar-refractivity contribution is 6.31. The Morgan fingerprint density at radius 1 is 1.59 bits per heavy atom. The zero-order chi connectivity index (χ0) is 12.8. The molecule has 1 atom stereocenters. The Labute approximate surface area is 105 Å². The van der Waals surface area contributed by atoms with Crippen molar-refractivity contribution in [2.24, 2.45) is 11.7 Å². The molecule has 0 radical (unpaired) electrons. The van der Waals surface area contributed by atoms with Gasteiger partial charge in [0.1, 0.15) is 5.82 Å². The second kappa shape index (κ2) is 6.57. The molecular formula is C12H16ClFN2O. The fourth-order valence-corrected chi connectivity index (χ4v) is 1.59. The van der Waals surface area contributed by atoms with Crippen molar-refractivity contribution in [3.8, 4) is 0 Å². The van der Waals surface area contributed by atoms with E-state index in [-0.39, 0.29) is 17.6 Å². The lowest BCUT2D eigenvalue weighted by molar-refractivity contribution is -0.124. The Morgan fingerprint density at radius 3 is 2.88 bits per heavy atom. The van der Waals surface area contributed by atoms with Gasteiger partial charge in [-0.3, -0.25) is 4.79 Å². The molecule has 1 rings (SSSR count). The average molecular weight is 259 g/mol. The highest BCUT2D eigenvalue weighted by Crippen LogP contribution is 2.17. The van der Waals surface area contributed by atoms with Gasteiger partial charge in [-0.05, 0) is 24.1 Å². The number of halogens is 2. The summed E-state index contributed by atoms with van der Waals surface area (Å²) in [5, 5.41) is 3.13. The maximum atomic E-state index is 12.8. The second-order valence-electron chi connectivity index (χ2n) is 3.91. The standard InChI is InChI=1S/C12H16ClFN2O/c1-8(7-15)12(17)16-5-4-9-2-3-10(14)6-11(9)13/h2-3,6,8H,4-5,7,15H2,1H3,(H,16,17). The van der Waals surface area contributed by atoms with E-state index in [9.17, 15) is 9.18 Å². The zero-order valence-corrected chi connectivity index (χ0v) is 10.4. The van der Waals surface area contributed by atoms with E-state index in [1.165, 1.54) is 12.1 Å². The molecule has 3 nitrogen and oxygen atoms in total. The molecule has 1 unspecified atom stereocenters. The molecule has 0 saturated carbocycles. The molecule has 0 aliphatic rings. The van der Waals surface area contributed by atoms with E-state index in [2.05, 4.69) is 5.32 Å². The third kappa shape index (κ3) is 4.32. The van der Waals surface area contributed by atoms with E-state index < -0.39 is 0 Å². The molecule has 1 aromatic carbocycles. The lowest BCUT2D eigenvalue weighted by atomic mass is 10.1. The van der Waals surface area contributed by atoms with Crippen LogP contribution in [-0.4, -0.2) is 19.0 Å². The largest absolute Gasteiger partial charge is 0.355 e. The third-order valence-electron chi connectivity index (χ3n) is 2.51. The summed E-state index contributed by atoms with van der Waals surface area (Å²) in [5.41, 5.74) is 6.19. The molecular weight excluding hydrogens is 243 g/mol. The van der Waals surface area contributed by atoms with E-state index >= 15 is 0 Å². The van der Waals surface area contributed by atoms with E-state index in [0.717, 1.165) is 5.56 Å². The minimum Gasteiger partial charge on any atom is -0.355 e. The molecule has 0 bridgehead atoms. The van der Waals surface area contributed by atoms with Gasteiger partial charge < -0.3 is 11.1 Å². The molecule has 0 aliphatic carbocycles. The van der Waals surface area contributed by atoms with Crippen LogP contribution in [-0.2, 0) is 11.2 Å². The van der Waals surface area contributed by atoms with Crippen LogP contribution in [0.5, 0.6) is 0 Å². The fourth-order valence-electron chi connectivity index (χ4n) is 1.33. The number of carbonyl (C=O) groups excluding carboxylic acids is 1. The fraction of sp³-hybridized carbons (Fsp3) is 0.417. The van der Waals surface area contributed by atoms with Gasteiger partial charge in [-0.25, -0.2) is 4.39 Å². The van der Waals surface area contributed by atoms with E-state index in [0.29, 0.717) is 24.5 Å². The molecule has 94 valence electrons. The van der Waals surface area contributed by atoms with Crippen molar-refractivity contribution in [3.05, 3.63) is 34.6 Å². The Morgan fingerprint density at radius 2 is 2.29 bits per heavy atom. The van der Waals surface area contributed by atoms with Crippen LogP contribution in [0.25, 0.3) is 0 Å². The summed E-state index contributed by atoms with van der Waals surface area (Å²) in [6.07, 6.45) is 0.572. The first-order valence-corrected chi connectivity index (χ1v) is 5.84. The maximum absolute atomic E-state index is 12.8. The van der Waals surface area contributed by atoms with Crippen LogP contribution < -0.4 is 11.1 Å². The van der Waals surface area contributed by atoms with Crippen LogP contribution >= 0.6 is 11.6 Å². The molecule has 3 N–H and O–H groups in total. The van der Waals surface area contributed by atoms with Gasteiger partial charge in [0, 0.05) is 24.0 Å². The SMILES string of the molecule is CC(CN)C(=O)NCCc1ccc(F)cc1Cl. The summed E-state index contributed by atoms with van der Waals surface area (Å²) >= 11 is 5.86. The van der Waals surface area contributed by atoms with Crippen LogP contribution in [0.4, 0.5) is 4.39 Å². The summed E-state index contributed by atoms with van der Waals surface area (Å²) < 4.78 is 12.8. The molecule has 0 aromatic heterocycles. The Kier molecular flexibility index (Phi) is 5.38. The van der Waals surface area contributed by atoms with Crippen molar-refractivity contribution >= 4 is 17.5 Å². The summed E-state index contributed by atoms with van der Waals surface area (Å²) in [6.45, 7) is 2.55. The first-order chi connectivity index (χ1) is 8.04. The van der Waals surface area contributed by atoms with Crippen LogP contribution in [0.1, 0.15) is 12.5 Å². The van der Waals surface area contributed by atoms with Gasteiger partial charge in [-0.2, -0.15) is 0 Å². The van der Waals surface area contributed by atoms with E-state index in [4.69, 9.17) is 17.3 Å². The number of rotatable bonds is 5. The highest BCUT2D eigenvalue weighted by atomic mass is 35.5. The number of nitrogens with two attached hydrogens (primary N) is 1. The van der Waals surface area contributed by atoms with Gasteiger partial charge in [0.2, 0.25) is 5.91 Å². The number of carbonyl (C=O) groups is 1. The minimum atomic E-state index is -0.362. The Hall–Kier alpha value is -1.13. The predicted octanol–water partition coefficient (Wildman–Crippen LogP) is 1.73. The van der Waals surface area contributed by atoms with E-state index in [1.807, 2.05) is 0 Å². The summed E-state index contributed by atoms with van der Waals surface area (Å²) in [6, 6.07) is 4.24. The van der Waals surface area contributed by atoms with Gasteiger partial charge in [-0.1, -0.05) is 24.6 Å². The first kappa shape index (κ1) is 13.9.